The molecule has 7 heteroatoms. The summed E-state index contributed by atoms with van der Waals surface area (Å²) in [5.74, 6) is 0. The van der Waals surface area contributed by atoms with Crippen LogP contribution in [0.15, 0.2) is 24.3 Å². The number of piperazine rings is 1. The van der Waals surface area contributed by atoms with E-state index in [9.17, 15) is 9.59 Å². The molecule has 0 spiro atoms. The molecule has 0 unspecified atom stereocenters. The zero-order valence-corrected chi connectivity index (χ0v) is 14.3. The molecule has 7 nitrogen and oxygen atoms in total. The lowest BCUT2D eigenvalue weighted by Gasteiger charge is -2.34. The molecule has 1 aromatic carbocycles. The Hall–Kier alpha value is -2.28. The van der Waals surface area contributed by atoms with Crippen LogP contribution in [0, 0.1) is 0 Å². The van der Waals surface area contributed by atoms with E-state index in [1.54, 1.807) is 16.7 Å². The van der Waals surface area contributed by atoms with Gasteiger partial charge in [0.05, 0.1) is 13.2 Å². The van der Waals surface area contributed by atoms with Gasteiger partial charge in [-0.25, -0.2) is 9.59 Å². The van der Waals surface area contributed by atoms with Gasteiger partial charge in [-0.2, -0.15) is 0 Å². The summed E-state index contributed by atoms with van der Waals surface area (Å²) < 4.78 is 10.4. The minimum Gasteiger partial charge on any atom is -0.450 e. The second kappa shape index (κ2) is 9.12. The number of hydrogen-bond donors (Lipinski definition) is 1. The zero-order chi connectivity index (χ0) is 17.4. The smallest absolute Gasteiger partial charge is 0.409 e. The largest absolute Gasteiger partial charge is 0.450 e. The number of nitrogens with zero attached hydrogens (tertiary/aromatic N) is 2. The summed E-state index contributed by atoms with van der Waals surface area (Å²) in [6.07, 6.45) is -0.320. The van der Waals surface area contributed by atoms with Crippen LogP contribution in [0.4, 0.5) is 15.3 Å². The van der Waals surface area contributed by atoms with Crippen LogP contribution in [0.3, 0.4) is 0 Å². The summed E-state index contributed by atoms with van der Waals surface area (Å²) in [6.45, 7) is 7.08. The van der Waals surface area contributed by atoms with Gasteiger partial charge in [0.1, 0.15) is 0 Å². The number of amides is 3. The fourth-order valence-electron chi connectivity index (χ4n) is 2.48. The minimum absolute atomic E-state index is 0.164. The second-order valence-corrected chi connectivity index (χ2v) is 5.40. The third-order valence-corrected chi connectivity index (χ3v) is 3.81. The van der Waals surface area contributed by atoms with Crippen molar-refractivity contribution >= 4 is 17.8 Å². The first kappa shape index (κ1) is 18.1. The van der Waals surface area contributed by atoms with Crippen LogP contribution in [0.1, 0.15) is 19.4 Å². The van der Waals surface area contributed by atoms with E-state index in [1.165, 1.54) is 0 Å². The van der Waals surface area contributed by atoms with Gasteiger partial charge in [0.2, 0.25) is 0 Å². The van der Waals surface area contributed by atoms with Crippen LogP contribution in [-0.2, 0) is 16.1 Å². The maximum Gasteiger partial charge on any atom is 0.409 e. The molecule has 1 saturated heterocycles. The predicted molar refractivity (Wildman–Crippen MR) is 91.0 cm³/mol. The third-order valence-electron chi connectivity index (χ3n) is 3.81. The minimum atomic E-state index is -0.320. The fraction of sp³-hybridized carbons (Fsp3) is 0.529. The van der Waals surface area contributed by atoms with Crippen LogP contribution in [0.25, 0.3) is 0 Å². The van der Waals surface area contributed by atoms with E-state index in [4.69, 9.17) is 9.47 Å². The van der Waals surface area contributed by atoms with Gasteiger partial charge < -0.3 is 24.6 Å². The summed E-state index contributed by atoms with van der Waals surface area (Å²) in [7, 11) is 0. The monoisotopic (exact) mass is 335 g/mol. The van der Waals surface area contributed by atoms with Gasteiger partial charge in [0.25, 0.3) is 0 Å². The molecule has 0 atom stereocenters. The normalized spacial score (nSPS) is 14.4. The van der Waals surface area contributed by atoms with Crippen molar-refractivity contribution in [3.05, 3.63) is 29.8 Å². The van der Waals surface area contributed by atoms with Crippen molar-refractivity contribution in [3.63, 3.8) is 0 Å². The molecule has 1 N–H and O–H groups in total. The number of para-hydroxylation sites is 1. The first-order valence-electron chi connectivity index (χ1n) is 8.29. The molecule has 0 aromatic heterocycles. The molecule has 1 aliphatic rings. The molecule has 1 fully saturated rings. The van der Waals surface area contributed by atoms with E-state index in [0.29, 0.717) is 46.0 Å². The number of rotatable bonds is 5. The molecular weight excluding hydrogens is 310 g/mol. The van der Waals surface area contributed by atoms with Crippen LogP contribution in [0.2, 0.25) is 0 Å². The zero-order valence-electron chi connectivity index (χ0n) is 14.3. The standard InChI is InChI=1S/C17H25N3O4/c1-3-23-13-14-7-5-6-8-15(14)18-16(21)19-9-11-20(12-10-19)17(22)24-4-2/h5-8H,3-4,9-13H2,1-2H3,(H,18,21). The first-order chi connectivity index (χ1) is 11.7. The molecule has 2 rings (SSSR count). The number of benzene rings is 1. The Morgan fingerprint density at radius 1 is 1.04 bits per heavy atom. The summed E-state index contributed by atoms with van der Waals surface area (Å²) in [5, 5.41) is 2.93. The van der Waals surface area contributed by atoms with Gasteiger partial charge in [-0.15, -0.1) is 0 Å². The van der Waals surface area contributed by atoms with Gasteiger partial charge >= 0.3 is 12.1 Å². The van der Waals surface area contributed by atoms with E-state index in [1.807, 2.05) is 31.2 Å². The highest BCUT2D eigenvalue weighted by atomic mass is 16.6. The van der Waals surface area contributed by atoms with Crippen molar-refractivity contribution in [1.82, 2.24) is 9.80 Å². The Morgan fingerprint density at radius 2 is 1.71 bits per heavy atom. The number of nitrogens with one attached hydrogen (secondary N) is 1. The highest BCUT2D eigenvalue weighted by Crippen LogP contribution is 2.17. The summed E-state index contributed by atoms with van der Waals surface area (Å²) in [5.41, 5.74) is 1.70. The highest BCUT2D eigenvalue weighted by Gasteiger charge is 2.25. The van der Waals surface area contributed by atoms with E-state index < -0.39 is 0 Å². The molecule has 1 heterocycles. The van der Waals surface area contributed by atoms with Crippen molar-refractivity contribution in [2.75, 3.05) is 44.7 Å². The number of urea groups is 1. The topological polar surface area (TPSA) is 71.1 Å². The molecule has 132 valence electrons. The Morgan fingerprint density at radius 3 is 2.38 bits per heavy atom. The molecule has 3 amide bonds. The van der Waals surface area contributed by atoms with Gasteiger partial charge in [-0.3, -0.25) is 0 Å². The summed E-state index contributed by atoms with van der Waals surface area (Å²) in [6, 6.07) is 7.43. The Kier molecular flexibility index (Phi) is 6.87. The lowest BCUT2D eigenvalue weighted by Crippen LogP contribution is -2.51. The number of anilines is 1. The number of carbonyl (C=O) groups is 2. The SMILES string of the molecule is CCOCc1ccccc1NC(=O)N1CCN(C(=O)OCC)CC1. The Bertz CT molecular complexity index is 557. The second-order valence-electron chi connectivity index (χ2n) is 5.40. The Balaban J connectivity index is 1.89. The van der Waals surface area contributed by atoms with Crippen molar-refractivity contribution < 1.29 is 19.1 Å². The van der Waals surface area contributed by atoms with Gasteiger partial charge in [-0.05, 0) is 19.9 Å². The molecule has 1 aromatic rings. The maximum absolute atomic E-state index is 12.4. The number of hydrogen-bond acceptors (Lipinski definition) is 4. The molecular formula is C17H25N3O4. The molecule has 0 bridgehead atoms. The summed E-state index contributed by atoms with van der Waals surface area (Å²) >= 11 is 0. The third kappa shape index (κ3) is 4.86. The van der Waals surface area contributed by atoms with Gasteiger partial charge in [-0.1, -0.05) is 18.2 Å². The average molecular weight is 335 g/mol. The lowest BCUT2D eigenvalue weighted by atomic mass is 10.2. The quantitative estimate of drug-likeness (QED) is 0.897. The molecule has 0 saturated carbocycles. The van der Waals surface area contributed by atoms with Gasteiger partial charge in [0, 0.05) is 44.0 Å². The number of carbonyl (C=O) groups excluding carboxylic acids is 2. The molecule has 24 heavy (non-hydrogen) atoms. The maximum atomic E-state index is 12.4. The molecule has 0 radical (unpaired) electrons. The van der Waals surface area contributed by atoms with E-state index in [-0.39, 0.29) is 12.1 Å². The van der Waals surface area contributed by atoms with Crippen molar-refractivity contribution in [2.24, 2.45) is 0 Å². The van der Waals surface area contributed by atoms with Crippen LogP contribution in [-0.4, -0.2) is 61.3 Å². The van der Waals surface area contributed by atoms with Crippen molar-refractivity contribution in [3.8, 4) is 0 Å². The van der Waals surface area contributed by atoms with Crippen molar-refractivity contribution in [2.45, 2.75) is 20.5 Å². The predicted octanol–water partition coefficient (Wildman–Crippen LogP) is 2.53. The fourth-order valence-corrected chi connectivity index (χ4v) is 2.48. The molecule has 0 aliphatic carbocycles. The summed E-state index contributed by atoms with van der Waals surface area (Å²) in [4.78, 5) is 27.4. The van der Waals surface area contributed by atoms with E-state index in [0.717, 1.165) is 11.3 Å². The van der Waals surface area contributed by atoms with Crippen LogP contribution in [0.5, 0.6) is 0 Å². The van der Waals surface area contributed by atoms with Crippen LogP contribution >= 0.6 is 0 Å². The van der Waals surface area contributed by atoms with Gasteiger partial charge in [0.15, 0.2) is 0 Å². The van der Waals surface area contributed by atoms with E-state index in [2.05, 4.69) is 5.32 Å². The van der Waals surface area contributed by atoms with Crippen molar-refractivity contribution in [1.29, 1.82) is 0 Å². The first-order valence-corrected chi connectivity index (χ1v) is 8.29. The van der Waals surface area contributed by atoms with Crippen LogP contribution < -0.4 is 5.32 Å². The average Bonchev–Trinajstić information content (AvgIpc) is 2.61. The highest BCUT2D eigenvalue weighted by molar-refractivity contribution is 5.90. The van der Waals surface area contributed by atoms with E-state index >= 15 is 0 Å². The molecule has 1 aliphatic heterocycles. The lowest BCUT2D eigenvalue weighted by molar-refractivity contribution is 0.0868. The Labute approximate surface area is 142 Å². The number of ether oxygens (including phenoxy) is 2.